The Morgan fingerprint density at radius 2 is 1.86 bits per heavy atom. The van der Waals surface area contributed by atoms with Crippen LogP contribution in [0.15, 0.2) is 0 Å². The lowest BCUT2D eigenvalue weighted by atomic mass is 9.93. The van der Waals surface area contributed by atoms with E-state index in [1.807, 2.05) is 0 Å². The number of hydrogen-bond acceptors (Lipinski definition) is 3. The molecular formula is C11H23N3. The van der Waals surface area contributed by atoms with Gasteiger partial charge < -0.3 is 10.6 Å². The van der Waals surface area contributed by atoms with Gasteiger partial charge in [-0.2, -0.15) is 0 Å². The maximum atomic E-state index is 5.99. The molecule has 0 amide bonds. The summed E-state index contributed by atoms with van der Waals surface area (Å²) in [4.78, 5) is 5.07. The van der Waals surface area contributed by atoms with Gasteiger partial charge in [0, 0.05) is 18.6 Å². The molecule has 3 heteroatoms. The Morgan fingerprint density at radius 1 is 1.14 bits per heavy atom. The molecule has 1 unspecified atom stereocenters. The second-order valence-corrected chi connectivity index (χ2v) is 4.96. The Bertz CT molecular complexity index is 189. The lowest BCUT2D eigenvalue weighted by Gasteiger charge is -2.42. The number of hydrogen-bond donors (Lipinski definition) is 1. The summed E-state index contributed by atoms with van der Waals surface area (Å²) in [5.41, 5.74) is 6.31. The summed E-state index contributed by atoms with van der Waals surface area (Å²) >= 11 is 0. The molecule has 2 heterocycles. The number of piperidine rings is 1. The number of likely N-dealkylation sites (tertiary alicyclic amines) is 2. The minimum Gasteiger partial charge on any atom is -0.329 e. The summed E-state index contributed by atoms with van der Waals surface area (Å²) in [5.74, 6) is 0. The summed E-state index contributed by atoms with van der Waals surface area (Å²) in [7, 11) is 2.21. The fraction of sp³-hybridized carbons (Fsp3) is 1.00. The van der Waals surface area contributed by atoms with Crippen LogP contribution < -0.4 is 5.73 Å². The predicted molar refractivity (Wildman–Crippen MR) is 59.3 cm³/mol. The Labute approximate surface area is 87.2 Å². The molecule has 14 heavy (non-hydrogen) atoms. The Morgan fingerprint density at radius 3 is 2.36 bits per heavy atom. The van der Waals surface area contributed by atoms with Crippen molar-refractivity contribution in [3.8, 4) is 0 Å². The van der Waals surface area contributed by atoms with E-state index >= 15 is 0 Å². The molecule has 82 valence electrons. The van der Waals surface area contributed by atoms with Crippen LogP contribution in [0.2, 0.25) is 0 Å². The van der Waals surface area contributed by atoms with E-state index in [1.54, 1.807) is 0 Å². The molecular weight excluding hydrogens is 174 g/mol. The molecule has 2 fully saturated rings. The van der Waals surface area contributed by atoms with Crippen LogP contribution >= 0.6 is 0 Å². The fourth-order valence-corrected chi connectivity index (χ4v) is 2.98. The standard InChI is InChI=1S/C11H23N3/c1-13-8-5-11(9-12,10-13)14-6-3-2-4-7-14/h2-10,12H2,1H3. The van der Waals surface area contributed by atoms with Crippen molar-refractivity contribution in [2.75, 3.05) is 39.8 Å². The van der Waals surface area contributed by atoms with E-state index in [-0.39, 0.29) is 0 Å². The first-order valence-corrected chi connectivity index (χ1v) is 5.90. The number of nitrogens with two attached hydrogens (primary N) is 1. The predicted octanol–water partition coefficient (Wildman–Crippen LogP) is 0.505. The van der Waals surface area contributed by atoms with Crippen molar-refractivity contribution in [2.24, 2.45) is 5.73 Å². The molecule has 2 rings (SSSR count). The topological polar surface area (TPSA) is 32.5 Å². The van der Waals surface area contributed by atoms with Crippen LogP contribution in [0.5, 0.6) is 0 Å². The first kappa shape index (κ1) is 10.4. The van der Waals surface area contributed by atoms with E-state index in [4.69, 9.17) is 5.73 Å². The third-order valence-corrected chi connectivity index (χ3v) is 3.93. The van der Waals surface area contributed by atoms with E-state index in [0.29, 0.717) is 5.54 Å². The molecule has 2 saturated heterocycles. The fourth-order valence-electron chi connectivity index (χ4n) is 2.98. The van der Waals surface area contributed by atoms with Crippen LogP contribution in [0, 0.1) is 0 Å². The van der Waals surface area contributed by atoms with E-state index in [1.165, 1.54) is 51.9 Å². The zero-order valence-electron chi connectivity index (χ0n) is 9.34. The normalized spacial score (nSPS) is 36.4. The van der Waals surface area contributed by atoms with E-state index in [0.717, 1.165) is 6.54 Å². The number of rotatable bonds is 2. The van der Waals surface area contributed by atoms with Gasteiger partial charge in [0.15, 0.2) is 0 Å². The average Bonchev–Trinajstić information content (AvgIpc) is 2.63. The molecule has 2 N–H and O–H groups in total. The molecule has 0 radical (unpaired) electrons. The highest BCUT2D eigenvalue weighted by atomic mass is 15.3. The first-order valence-electron chi connectivity index (χ1n) is 5.90. The number of nitrogens with zero attached hydrogens (tertiary/aromatic N) is 2. The second kappa shape index (κ2) is 4.17. The maximum Gasteiger partial charge on any atom is 0.0470 e. The Hall–Kier alpha value is -0.120. The minimum absolute atomic E-state index is 0.315. The van der Waals surface area contributed by atoms with Crippen molar-refractivity contribution < 1.29 is 0 Å². The van der Waals surface area contributed by atoms with Crippen molar-refractivity contribution in [3.63, 3.8) is 0 Å². The summed E-state index contributed by atoms with van der Waals surface area (Å²) in [6, 6.07) is 0. The minimum atomic E-state index is 0.315. The van der Waals surface area contributed by atoms with Gasteiger partial charge in [-0.05, 0) is 45.9 Å². The second-order valence-electron chi connectivity index (χ2n) is 4.96. The van der Waals surface area contributed by atoms with Crippen molar-refractivity contribution in [2.45, 2.75) is 31.2 Å². The molecule has 1 atom stereocenters. The zero-order chi connectivity index (χ0) is 10.0. The average molecular weight is 197 g/mol. The van der Waals surface area contributed by atoms with Gasteiger partial charge in [-0.25, -0.2) is 0 Å². The Kier molecular flexibility index (Phi) is 3.10. The summed E-state index contributed by atoms with van der Waals surface area (Å²) in [6.07, 6.45) is 5.41. The van der Waals surface area contributed by atoms with Crippen LogP contribution in [-0.2, 0) is 0 Å². The van der Waals surface area contributed by atoms with Gasteiger partial charge in [-0.3, -0.25) is 4.90 Å². The molecule has 2 aliphatic heterocycles. The third kappa shape index (κ3) is 1.81. The maximum absolute atomic E-state index is 5.99. The molecule has 0 aliphatic carbocycles. The van der Waals surface area contributed by atoms with Crippen molar-refractivity contribution in [1.82, 2.24) is 9.80 Å². The first-order chi connectivity index (χ1) is 6.77. The van der Waals surface area contributed by atoms with Gasteiger partial charge in [0.1, 0.15) is 0 Å². The van der Waals surface area contributed by atoms with Crippen molar-refractivity contribution in [1.29, 1.82) is 0 Å². The monoisotopic (exact) mass is 197 g/mol. The van der Waals surface area contributed by atoms with Crippen molar-refractivity contribution in [3.05, 3.63) is 0 Å². The van der Waals surface area contributed by atoms with E-state index < -0.39 is 0 Å². The molecule has 0 bridgehead atoms. The molecule has 2 aliphatic rings. The van der Waals surface area contributed by atoms with Crippen molar-refractivity contribution >= 4 is 0 Å². The zero-order valence-corrected chi connectivity index (χ0v) is 9.34. The smallest absolute Gasteiger partial charge is 0.0470 e. The van der Waals surface area contributed by atoms with E-state index in [2.05, 4.69) is 16.8 Å². The van der Waals surface area contributed by atoms with Gasteiger partial charge >= 0.3 is 0 Å². The Balaban J connectivity index is 2.03. The highest BCUT2D eigenvalue weighted by Gasteiger charge is 2.40. The number of likely N-dealkylation sites (N-methyl/N-ethyl adjacent to an activating group) is 1. The highest BCUT2D eigenvalue weighted by Crippen LogP contribution is 2.28. The van der Waals surface area contributed by atoms with Gasteiger partial charge in [0.25, 0.3) is 0 Å². The van der Waals surface area contributed by atoms with Gasteiger partial charge in [0.05, 0.1) is 0 Å². The SMILES string of the molecule is CN1CCC(CN)(N2CCCCC2)C1. The summed E-state index contributed by atoms with van der Waals surface area (Å²) < 4.78 is 0. The third-order valence-electron chi connectivity index (χ3n) is 3.93. The summed E-state index contributed by atoms with van der Waals surface area (Å²) in [5, 5.41) is 0. The van der Waals surface area contributed by atoms with Gasteiger partial charge in [0.2, 0.25) is 0 Å². The molecule has 0 saturated carbocycles. The van der Waals surface area contributed by atoms with E-state index in [9.17, 15) is 0 Å². The van der Waals surface area contributed by atoms with Crippen LogP contribution in [0.25, 0.3) is 0 Å². The largest absolute Gasteiger partial charge is 0.329 e. The van der Waals surface area contributed by atoms with Crippen LogP contribution in [0.1, 0.15) is 25.7 Å². The lowest BCUT2D eigenvalue weighted by Crippen LogP contribution is -2.56. The molecule has 0 spiro atoms. The van der Waals surface area contributed by atoms with Crippen LogP contribution in [0.3, 0.4) is 0 Å². The highest BCUT2D eigenvalue weighted by molar-refractivity contribution is 4.99. The molecule has 0 aromatic carbocycles. The lowest BCUT2D eigenvalue weighted by molar-refractivity contribution is 0.0800. The van der Waals surface area contributed by atoms with Gasteiger partial charge in [-0.1, -0.05) is 6.42 Å². The molecule has 0 aromatic heterocycles. The van der Waals surface area contributed by atoms with Gasteiger partial charge in [-0.15, -0.1) is 0 Å². The molecule has 3 nitrogen and oxygen atoms in total. The van der Waals surface area contributed by atoms with Crippen LogP contribution in [-0.4, -0.2) is 55.1 Å². The molecule has 0 aromatic rings. The van der Waals surface area contributed by atoms with Crippen LogP contribution in [0.4, 0.5) is 0 Å². The quantitative estimate of drug-likeness (QED) is 0.700. The summed E-state index contributed by atoms with van der Waals surface area (Å²) in [6.45, 7) is 5.75.